The first-order valence-electron chi connectivity index (χ1n) is 12.1. The van der Waals surface area contributed by atoms with Crippen molar-refractivity contribution in [3.8, 4) is 0 Å². The van der Waals surface area contributed by atoms with Gasteiger partial charge in [0.05, 0.1) is 6.10 Å². The number of aliphatic hydroxyl groups excluding tert-OH is 1. The zero-order valence-electron chi connectivity index (χ0n) is 19.0. The number of nitrogens with one attached hydrogen (secondary N) is 1. The van der Waals surface area contributed by atoms with Crippen LogP contribution < -0.4 is 5.32 Å². The van der Waals surface area contributed by atoms with Gasteiger partial charge in [-0.05, 0) is 25.8 Å². The van der Waals surface area contributed by atoms with Gasteiger partial charge in [-0.1, -0.05) is 121 Å². The summed E-state index contributed by atoms with van der Waals surface area (Å²) in [6.45, 7) is 6.56. The van der Waals surface area contributed by atoms with E-state index in [0.29, 0.717) is 0 Å². The molecule has 0 fully saturated rings. The van der Waals surface area contributed by atoms with Crippen molar-refractivity contribution in [2.75, 3.05) is 0 Å². The molecule has 0 aromatic heterocycles. The molecule has 1 aromatic rings. The number of aliphatic hydroxyl groups is 1. The summed E-state index contributed by atoms with van der Waals surface area (Å²) in [5.41, 5.74) is 1.28. The second-order valence-electron chi connectivity index (χ2n) is 8.69. The van der Waals surface area contributed by atoms with E-state index in [1.807, 2.05) is 6.07 Å². The standard InChI is InChI=1S/C26H47NO/c1-4-5-6-7-8-9-10-11-12-13-14-15-19-22-26(28)24(3)27-23(2)25-20-17-16-18-21-25/h16-18,20-21,23-24,26-28H,4-15,19,22H2,1-3H3/t23-,24+,26-/m1/s1. The molecule has 28 heavy (non-hydrogen) atoms. The Morgan fingerprint density at radius 1 is 0.714 bits per heavy atom. The van der Waals surface area contributed by atoms with Crippen LogP contribution in [0, 0.1) is 0 Å². The fourth-order valence-electron chi connectivity index (χ4n) is 3.96. The molecule has 162 valence electrons. The van der Waals surface area contributed by atoms with Crippen LogP contribution in [0.1, 0.15) is 122 Å². The van der Waals surface area contributed by atoms with Crippen LogP contribution in [0.25, 0.3) is 0 Å². The van der Waals surface area contributed by atoms with Gasteiger partial charge in [0.25, 0.3) is 0 Å². The van der Waals surface area contributed by atoms with Crippen LogP contribution >= 0.6 is 0 Å². The van der Waals surface area contributed by atoms with E-state index in [1.165, 1.54) is 82.6 Å². The van der Waals surface area contributed by atoms with Crippen LogP contribution in [0.4, 0.5) is 0 Å². The van der Waals surface area contributed by atoms with E-state index in [-0.39, 0.29) is 18.2 Å². The van der Waals surface area contributed by atoms with Crippen molar-refractivity contribution in [3.63, 3.8) is 0 Å². The summed E-state index contributed by atoms with van der Waals surface area (Å²) < 4.78 is 0. The van der Waals surface area contributed by atoms with E-state index in [2.05, 4.69) is 50.4 Å². The molecule has 1 rings (SSSR count). The Morgan fingerprint density at radius 3 is 1.68 bits per heavy atom. The first-order chi connectivity index (χ1) is 13.6. The summed E-state index contributed by atoms with van der Waals surface area (Å²) in [7, 11) is 0. The lowest BCUT2D eigenvalue weighted by Crippen LogP contribution is -2.38. The zero-order valence-corrected chi connectivity index (χ0v) is 19.0. The lowest BCUT2D eigenvalue weighted by molar-refractivity contribution is 0.117. The molecule has 0 amide bonds. The Bertz CT molecular complexity index is 447. The molecule has 2 nitrogen and oxygen atoms in total. The van der Waals surface area contributed by atoms with Gasteiger partial charge in [0.15, 0.2) is 0 Å². The summed E-state index contributed by atoms with van der Waals surface area (Å²) >= 11 is 0. The van der Waals surface area contributed by atoms with E-state index >= 15 is 0 Å². The number of hydrogen-bond acceptors (Lipinski definition) is 2. The quantitative estimate of drug-likeness (QED) is 0.254. The molecule has 0 aliphatic carbocycles. The van der Waals surface area contributed by atoms with Crippen LogP contribution in [0.2, 0.25) is 0 Å². The Labute approximate surface area is 175 Å². The maximum Gasteiger partial charge on any atom is 0.0690 e. The van der Waals surface area contributed by atoms with Gasteiger partial charge in [0, 0.05) is 12.1 Å². The maximum atomic E-state index is 10.4. The SMILES string of the molecule is CCCCCCCCCCCCCCC[C@@H](O)[C@H](C)N[C@H](C)c1ccccc1. The summed E-state index contributed by atoms with van der Waals surface area (Å²) in [6.07, 6.45) is 18.5. The smallest absolute Gasteiger partial charge is 0.0690 e. The molecule has 0 aliphatic heterocycles. The Kier molecular flexibility index (Phi) is 15.3. The first-order valence-corrected chi connectivity index (χ1v) is 12.1. The minimum Gasteiger partial charge on any atom is -0.392 e. The predicted octanol–water partition coefficient (Wildman–Crippen LogP) is 7.57. The third-order valence-electron chi connectivity index (χ3n) is 5.99. The van der Waals surface area contributed by atoms with Crippen LogP contribution in [0.5, 0.6) is 0 Å². The molecule has 0 saturated heterocycles. The third-order valence-corrected chi connectivity index (χ3v) is 5.99. The van der Waals surface area contributed by atoms with Crippen molar-refractivity contribution < 1.29 is 5.11 Å². The second kappa shape index (κ2) is 17.0. The highest BCUT2D eigenvalue weighted by Crippen LogP contribution is 2.16. The van der Waals surface area contributed by atoms with E-state index in [9.17, 15) is 5.11 Å². The van der Waals surface area contributed by atoms with Gasteiger partial charge < -0.3 is 10.4 Å². The van der Waals surface area contributed by atoms with Gasteiger partial charge in [-0.15, -0.1) is 0 Å². The van der Waals surface area contributed by atoms with Crippen LogP contribution in [0.15, 0.2) is 30.3 Å². The molecule has 0 saturated carbocycles. The van der Waals surface area contributed by atoms with E-state index < -0.39 is 0 Å². The van der Waals surface area contributed by atoms with Gasteiger partial charge in [-0.2, -0.15) is 0 Å². The van der Waals surface area contributed by atoms with Crippen molar-refractivity contribution >= 4 is 0 Å². The lowest BCUT2D eigenvalue weighted by atomic mass is 10.0. The number of hydrogen-bond donors (Lipinski definition) is 2. The zero-order chi connectivity index (χ0) is 20.5. The monoisotopic (exact) mass is 389 g/mol. The lowest BCUT2D eigenvalue weighted by Gasteiger charge is -2.24. The molecule has 0 radical (unpaired) electrons. The van der Waals surface area contributed by atoms with Gasteiger partial charge in [-0.3, -0.25) is 0 Å². The van der Waals surface area contributed by atoms with Gasteiger partial charge >= 0.3 is 0 Å². The van der Waals surface area contributed by atoms with Crippen LogP contribution in [-0.2, 0) is 0 Å². The third kappa shape index (κ3) is 12.6. The number of unbranched alkanes of at least 4 members (excludes halogenated alkanes) is 12. The number of benzene rings is 1. The Hall–Kier alpha value is -0.860. The van der Waals surface area contributed by atoms with Crippen LogP contribution in [-0.4, -0.2) is 17.3 Å². The van der Waals surface area contributed by atoms with Crippen molar-refractivity contribution in [1.82, 2.24) is 5.32 Å². The normalized spacial score (nSPS) is 14.7. The van der Waals surface area contributed by atoms with Crippen molar-refractivity contribution in [2.24, 2.45) is 0 Å². The highest BCUT2D eigenvalue weighted by molar-refractivity contribution is 5.18. The number of rotatable bonds is 18. The van der Waals surface area contributed by atoms with Crippen molar-refractivity contribution in [2.45, 2.75) is 129 Å². The fourth-order valence-corrected chi connectivity index (χ4v) is 3.96. The minimum atomic E-state index is -0.251. The molecule has 3 atom stereocenters. The molecular weight excluding hydrogens is 342 g/mol. The average molecular weight is 390 g/mol. The summed E-state index contributed by atoms with van der Waals surface area (Å²) in [4.78, 5) is 0. The largest absolute Gasteiger partial charge is 0.392 e. The molecule has 0 heterocycles. The van der Waals surface area contributed by atoms with E-state index in [1.54, 1.807) is 0 Å². The van der Waals surface area contributed by atoms with Crippen molar-refractivity contribution in [3.05, 3.63) is 35.9 Å². The highest BCUT2D eigenvalue weighted by atomic mass is 16.3. The molecule has 2 heteroatoms. The minimum absolute atomic E-state index is 0.132. The molecule has 0 aliphatic rings. The average Bonchev–Trinajstić information content (AvgIpc) is 2.71. The van der Waals surface area contributed by atoms with E-state index in [4.69, 9.17) is 0 Å². The first kappa shape index (κ1) is 25.2. The Balaban J connectivity index is 1.94. The van der Waals surface area contributed by atoms with Gasteiger partial charge in [0.2, 0.25) is 0 Å². The summed E-state index contributed by atoms with van der Waals surface area (Å²) in [6, 6.07) is 10.9. The maximum absolute atomic E-state index is 10.4. The molecule has 0 spiro atoms. The summed E-state index contributed by atoms with van der Waals surface area (Å²) in [5, 5.41) is 14.0. The van der Waals surface area contributed by atoms with Crippen LogP contribution in [0.3, 0.4) is 0 Å². The molecule has 0 unspecified atom stereocenters. The van der Waals surface area contributed by atoms with Gasteiger partial charge in [-0.25, -0.2) is 0 Å². The van der Waals surface area contributed by atoms with E-state index in [0.717, 1.165) is 12.8 Å². The topological polar surface area (TPSA) is 32.3 Å². The molecule has 2 N–H and O–H groups in total. The fraction of sp³-hybridized carbons (Fsp3) is 0.769. The molecule has 0 bridgehead atoms. The highest BCUT2D eigenvalue weighted by Gasteiger charge is 2.16. The van der Waals surface area contributed by atoms with Gasteiger partial charge in [0.1, 0.15) is 0 Å². The Morgan fingerprint density at radius 2 is 1.18 bits per heavy atom. The summed E-state index contributed by atoms with van der Waals surface area (Å²) in [5.74, 6) is 0. The molecule has 1 aromatic carbocycles. The predicted molar refractivity (Wildman–Crippen MR) is 124 cm³/mol. The van der Waals surface area contributed by atoms with Crippen molar-refractivity contribution in [1.29, 1.82) is 0 Å². The second-order valence-corrected chi connectivity index (χ2v) is 8.69. The molecular formula is C26H47NO.